The third-order valence-electron chi connectivity index (χ3n) is 5.68. The molecule has 2 heterocycles. The highest BCUT2D eigenvalue weighted by Crippen LogP contribution is 2.18. The van der Waals surface area contributed by atoms with E-state index in [0.29, 0.717) is 31.9 Å². The predicted molar refractivity (Wildman–Crippen MR) is 125 cm³/mol. The average Bonchev–Trinajstić information content (AvgIpc) is 3.15. The van der Waals surface area contributed by atoms with E-state index in [1.807, 2.05) is 73.3 Å². The summed E-state index contributed by atoms with van der Waals surface area (Å²) in [6.45, 7) is 4.29. The number of hydrogen-bond donors (Lipinski definition) is 1. The Morgan fingerprint density at radius 1 is 1.06 bits per heavy atom. The van der Waals surface area contributed by atoms with Gasteiger partial charge in [-0.1, -0.05) is 42.0 Å². The fourth-order valence-electron chi connectivity index (χ4n) is 3.91. The molecule has 0 spiro atoms. The minimum absolute atomic E-state index is 0.0881. The van der Waals surface area contributed by atoms with Gasteiger partial charge in [0.15, 0.2) is 5.69 Å². The number of rotatable bonds is 6. The molecule has 1 aromatic heterocycles. The van der Waals surface area contributed by atoms with Crippen molar-refractivity contribution >= 4 is 17.5 Å². The largest absolute Gasteiger partial charge is 0.378 e. The van der Waals surface area contributed by atoms with Crippen molar-refractivity contribution in [2.45, 2.75) is 33.0 Å². The number of carbonyl (C=O) groups is 2. The molecule has 0 saturated heterocycles. The van der Waals surface area contributed by atoms with E-state index in [1.54, 1.807) is 10.7 Å². The molecule has 2 aromatic carbocycles. The van der Waals surface area contributed by atoms with Gasteiger partial charge in [0.25, 0.3) is 11.8 Å². The van der Waals surface area contributed by atoms with Crippen molar-refractivity contribution in [1.29, 1.82) is 0 Å². The highest BCUT2D eigenvalue weighted by atomic mass is 16.2. The zero-order chi connectivity index (χ0) is 22.7. The smallest absolute Gasteiger partial charge is 0.272 e. The van der Waals surface area contributed by atoms with Crippen LogP contribution in [0.2, 0.25) is 0 Å². The first-order chi connectivity index (χ1) is 15.4. The number of fused-ring (bicyclic) bond motifs is 1. The van der Waals surface area contributed by atoms with Crippen molar-refractivity contribution in [3.05, 3.63) is 82.7 Å². The molecular weight excluding hydrogens is 402 g/mol. The Morgan fingerprint density at radius 3 is 2.56 bits per heavy atom. The Labute approximate surface area is 188 Å². The molecule has 7 heteroatoms. The second kappa shape index (κ2) is 9.26. The average molecular weight is 432 g/mol. The minimum Gasteiger partial charge on any atom is -0.378 e. The van der Waals surface area contributed by atoms with Gasteiger partial charge in [0.05, 0.1) is 0 Å². The van der Waals surface area contributed by atoms with E-state index in [1.165, 1.54) is 5.56 Å². The third-order valence-corrected chi connectivity index (χ3v) is 5.68. The van der Waals surface area contributed by atoms with E-state index in [4.69, 9.17) is 0 Å². The molecule has 1 aliphatic heterocycles. The summed E-state index contributed by atoms with van der Waals surface area (Å²) in [6, 6.07) is 17.8. The maximum absolute atomic E-state index is 13.2. The Morgan fingerprint density at radius 2 is 1.84 bits per heavy atom. The minimum atomic E-state index is -0.278. The normalized spacial score (nSPS) is 13.5. The maximum atomic E-state index is 13.2. The summed E-state index contributed by atoms with van der Waals surface area (Å²) in [4.78, 5) is 29.7. The summed E-state index contributed by atoms with van der Waals surface area (Å²) < 4.78 is 1.67. The molecule has 7 nitrogen and oxygen atoms in total. The van der Waals surface area contributed by atoms with Gasteiger partial charge in [-0.2, -0.15) is 5.10 Å². The summed E-state index contributed by atoms with van der Waals surface area (Å²) in [5.41, 5.74) is 5.12. The lowest BCUT2D eigenvalue weighted by atomic mass is 10.1. The van der Waals surface area contributed by atoms with Crippen molar-refractivity contribution in [3.63, 3.8) is 0 Å². The van der Waals surface area contributed by atoms with Gasteiger partial charge in [-0.25, -0.2) is 0 Å². The number of amides is 2. The quantitative estimate of drug-likeness (QED) is 0.651. The van der Waals surface area contributed by atoms with Crippen LogP contribution in [0.15, 0.2) is 54.6 Å². The molecule has 0 aliphatic carbocycles. The number of nitrogens with zero attached hydrogens (tertiary/aromatic N) is 4. The van der Waals surface area contributed by atoms with Gasteiger partial charge in [-0.15, -0.1) is 0 Å². The van der Waals surface area contributed by atoms with Crippen molar-refractivity contribution in [2.75, 3.05) is 25.5 Å². The van der Waals surface area contributed by atoms with E-state index in [9.17, 15) is 9.59 Å². The molecule has 1 N–H and O–H groups in total. The fourth-order valence-corrected chi connectivity index (χ4v) is 3.91. The molecule has 0 radical (unpaired) electrons. The summed E-state index contributed by atoms with van der Waals surface area (Å²) in [5.74, 6) is -0.366. The number of anilines is 1. The lowest BCUT2D eigenvalue weighted by molar-refractivity contribution is 0.0745. The standard InChI is InChI=1S/C25H29N5O2/c1-18-6-4-7-20(14-18)17-29-12-5-13-30-23(25(29)32)15-22(27-30)24(31)26-16-19-8-10-21(11-9-19)28(2)3/h4,6-11,14-15H,5,12-13,16-17H2,1-3H3,(H,26,31). The predicted octanol–water partition coefficient (Wildman–Crippen LogP) is 3.23. The zero-order valence-electron chi connectivity index (χ0n) is 18.8. The fraction of sp³-hybridized carbons (Fsp3) is 0.320. The number of aryl methyl sites for hydroxylation is 2. The number of carbonyl (C=O) groups excluding carboxylic acids is 2. The van der Waals surface area contributed by atoms with Crippen LogP contribution >= 0.6 is 0 Å². The molecule has 0 saturated carbocycles. The monoisotopic (exact) mass is 431 g/mol. The highest BCUT2D eigenvalue weighted by molar-refractivity contribution is 5.98. The number of benzene rings is 2. The van der Waals surface area contributed by atoms with Crippen molar-refractivity contribution in [1.82, 2.24) is 20.0 Å². The molecule has 0 bridgehead atoms. The lowest BCUT2D eigenvalue weighted by Gasteiger charge is -2.20. The molecule has 0 fully saturated rings. The van der Waals surface area contributed by atoms with Crippen LogP contribution in [0, 0.1) is 6.92 Å². The summed E-state index contributed by atoms with van der Waals surface area (Å²) in [7, 11) is 3.98. The summed E-state index contributed by atoms with van der Waals surface area (Å²) in [5, 5.41) is 7.32. The second-order valence-corrected chi connectivity index (χ2v) is 8.45. The van der Waals surface area contributed by atoms with Crippen LogP contribution in [0.1, 0.15) is 44.1 Å². The molecule has 166 valence electrons. The molecule has 3 aromatic rings. The number of aromatic nitrogens is 2. The van der Waals surface area contributed by atoms with Gasteiger partial charge in [0.1, 0.15) is 5.69 Å². The van der Waals surface area contributed by atoms with E-state index < -0.39 is 0 Å². The van der Waals surface area contributed by atoms with Gasteiger partial charge < -0.3 is 15.1 Å². The molecule has 2 amide bonds. The first-order valence-corrected chi connectivity index (χ1v) is 10.9. The van der Waals surface area contributed by atoms with E-state index in [-0.39, 0.29) is 17.5 Å². The van der Waals surface area contributed by atoms with Crippen LogP contribution in [0.5, 0.6) is 0 Å². The summed E-state index contributed by atoms with van der Waals surface area (Å²) >= 11 is 0. The molecule has 0 atom stereocenters. The Balaban J connectivity index is 1.43. The van der Waals surface area contributed by atoms with Gasteiger partial charge in [-0.05, 0) is 36.6 Å². The Bertz CT molecular complexity index is 1120. The number of nitrogens with one attached hydrogen (secondary N) is 1. The van der Waals surface area contributed by atoms with E-state index in [2.05, 4.69) is 16.5 Å². The van der Waals surface area contributed by atoms with Crippen molar-refractivity contribution in [2.24, 2.45) is 0 Å². The molecular formula is C25H29N5O2. The second-order valence-electron chi connectivity index (χ2n) is 8.45. The molecule has 4 rings (SSSR count). The van der Waals surface area contributed by atoms with Gasteiger partial charge >= 0.3 is 0 Å². The maximum Gasteiger partial charge on any atom is 0.272 e. The van der Waals surface area contributed by atoms with Crippen LogP contribution in [-0.2, 0) is 19.6 Å². The summed E-state index contributed by atoms with van der Waals surface area (Å²) in [6.07, 6.45) is 0.797. The van der Waals surface area contributed by atoms with Crippen LogP contribution < -0.4 is 10.2 Å². The van der Waals surface area contributed by atoms with Gasteiger partial charge in [0.2, 0.25) is 0 Å². The van der Waals surface area contributed by atoms with Crippen LogP contribution in [0.4, 0.5) is 5.69 Å². The number of hydrogen-bond acceptors (Lipinski definition) is 4. The van der Waals surface area contributed by atoms with Gasteiger partial charge in [0, 0.05) is 52.0 Å². The molecule has 32 heavy (non-hydrogen) atoms. The van der Waals surface area contributed by atoms with Gasteiger partial charge in [-0.3, -0.25) is 14.3 Å². The Hall–Kier alpha value is -3.61. The Kier molecular flexibility index (Phi) is 6.25. The van der Waals surface area contributed by atoms with Crippen LogP contribution in [-0.4, -0.2) is 47.1 Å². The first kappa shape index (κ1) is 21.6. The van der Waals surface area contributed by atoms with E-state index >= 15 is 0 Å². The zero-order valence-corrected chi connectivity index (χ0v) is 18.8. The van der Waals surface area contributed by atoms with Crippen LogP contribution in [0.3, 0.4) is 0 Å². The highest BCUT2D eigenvalue weighted by Gasteiger charge is 2.26. The topological polar surface area (TPSA) is 70.5 Å². The lowest BCUT2D eigenvalue weighted by Crippen LogP contribution is -2.30. The SMILES string of the molecule is Cc1cccc(CN2CCCn3nc(C(=O)NCc4ccc(N(C)C)cc4)cc3C2=O)c1. The van der Waals surface area contributed by atoms with Crippen molar-refractivity contribution in [3.8, 4) is 0 Å². The third kappa shape index (κ3) is 4.82. The van der Waals surface area contributed by atoms with Crippen LogP contribution in [0.25, 0.3) is 0 Å². The van der Waals surface area contributed by atoms with E-state index in [0.717, 1.165) is 23.2 Å². The molecule has 1 aliphatic rings. The molecule has 0 unspecified atom stereocenters. The van der Waals surface area contributed by atoms with Crippen molar-refractivity contribution < 1.29 is 9.59 Å². The first-order valence-electron chi connectivity index (χ1n) is 10.9.